The van der Waals surface area contributed by atoms with Crippen LogP contribution in [0.2, 0.25) is 0 Å². The van der Waals surface area contributed by atoms with Gasteiger partial charge in [0.15, 0.2) is 0 Å². The number of carboxylic acid groups (broad SMARTS) is 1. The molecular formula is C13H12BrN3O3S. The number of carboxylic acids is 1. The summed E-state index contributed by atoms with van der Waals surface area (Å²) >= 11 is 4.59. The average Bonchev–Trinajstić information content (AvgIpc) is 2.87. The molecule has 4 N–H and O–H groups in total. The smallest absolute Gasteiger partial charge is 0.337 e. The van der Waals surface area contributed by atoms with Gasteiger partial charge < -0.3 is 16.2 Å². The minimum atomic E-state index is -1.11. The lowest BCUT2D eigenvalue weighted by Gasteiger charge is -2.07. The van der Waals surface area contributed by atoms with E-state index >= 15 is 0 Å². The van der Waals surface area contributed by atoms with E-state index in [0.29, 0.717) is 17.4 Å². The van der Waals surface area contributed by atoms with Gasteiger partial charge in [-0.3, -0.25) is 4.79 Å². The lowest BCUT2D eigenvalue weighted by molar-refractivity contribution is 0.0698. The molecule has 0 atom stereocenters. The summed E-state index contributed by atoms with van der Waals surface area (Å²) in [5.41, 5.74) is 5.92. The van der Waals surface area contributed by atoms with E-state index in [2.05, 4.69) is 26.2 Å². The lowest BCUT2D eigenvalue weighted by atomic mass is 10.2. The van der Waals surface area contributed by atoms with Gasteiger partial charge in [0.2, 0.25) is 0 Å². The molecule has 0 unspecified atom stereocenters. The number of carbonyl (C=O) groups excluding carboxylic acids is 1. The van der Waals surface area contributed by atoms with Crippen molar-refractivity contribution in [1.29, 1.82) is 0 Å². The normalized spacial score (nSPS) is 10.4. The van der Waals surface area contributed by atoms with Crippen molar-refractivity contribution >= 4 is 44.8 Å². The van der Waals surface area contributed by atoms with Crippen LogP contribution in [0.15, 0.2) is 28.1 Å². The van der Waals surface area contributed by atoms with Crippen LogP contribution in [0.5, 0.6) is 0 Å². The van der Waals surface area contributed by atoms with E-state index in [1.165, 1.54) is 23.5 Å². The zero-order chi connectivity index (χ0) is 15.4. The molecule has 110 valence electrons. The van der Waals surface area contributed by atoms with Crippen molar-refractivity contribution in [3.63, 3.8) is 0 Å². The monoisotopic (exact) mass is 369 g/mol. The lowest BCUT2D eigenvalue weighted by Crippen LogP contribution is -2.15. The fourth-order valence-electron chi connectivity index (χ4n) is 1.65. The van der Waals surface area contributed by atoms with Gasteiger partial charge in [0, 0.05) is 16.3 Å². The number of anilines is 1. The van der Waals surface area contributed by atoms with Gasteiger partial charge in [-0.1, -0.05) is 15.9 Å². The van der Waals surface area contributed by atoms with Gasteiger partial charge in [0.05, 0.1) is 16.3 Å². The summed E-state index contributed by atoms with van der Waals surface area (Å²) in [7, 11) is 0. The minimum absolute atomic E-state index is 0.0176. The van der Waals surface area contributed by atoms with Crippen molar-refractivity contribution in [2.45, 2.75) is 6.42 Å². The van der Waals surface area contributed by atoms with Gasteiger partial charge in [-0.05, 0) is 24.7 Å². The Labute approximate surface area is 133 Å². The summed E-state index contributed by atoms with van der Waals surface area (Å²) < 4.78 is 0.671. The number of nitrogens with one attached hydrogen (secondary N) is 1. The first kappa shape index (κ1) is 15.6. The number of nitrogens with two attached hydrogens (primary N) is 1. The molecule has 0 aliphatic rings. The first-order chi connectivity index (χ1) is 10.0. The highest BCUT2D eigenvalue weighted by Crippen LogP contribution is 2.22. The Bertz CT molecular complexity index is 687. The first-order valence-corrected chi connectivity index (χ1v) is 7.67. The fraction of sp³-hybridized carbons (Fsp3) is 0.154. The standard InChI is InChI=1S/C13H12BrN3O3S/c14-7-1-2-8(13(19)20)9(5-7)17-12(18)10-6-21-11(16-10)3-4-15/h1-2,5-6H,3-4,15H2,(H,17,18)(H,19,20). The maximum Gasteiger partial charge on any atom is 0.337 e. The third-order valence-corrected chi connectivity index (χ3v) is 4.00. The molecule has 0 saturated heterocycles. The van der Waals surface area contributed by atoms with E-state index in [9.17, 15) is 9.59 Å². The quantitative estimate of drug-likeness (QED) is 0.749. The molecule has 0 radical (unpaired) electrons. The van der Waals surface area contributed by atoms with Gasteiger partial charge in [0.25, 0.3) is 5.91 Å². The highest BCUT2D eigenvalue weighted by atomic mass is 79.9. The Morgan fingerprint density at radius 3 is 2.86 bits per heavy atom. The second-order valence-electron chi connectivity index (χ2n) is 4.11. The number of amides is 1. The second-order valence-corrected chi connectivity index (χ2v) is 5.97. The Hall–Kier alpha value is -1.77. The molecule has 0 bridgehead atoms. The third kappa shape index (κ3) is 3.87. The number of aromatic nitrogens is 1. The molecule has 1 aromatic carbocycles. The zero-order valence-electron chi connectivity index (χ0n) is 10.8. The molecule has 2 rings (SSSR count). The molecule has 8 heteroatoms. The molecule has 0 aliphatic carbocycles. The number of thiazole rings is 1. The summed E-state index contributed by atoms with van der Waals surface area (Å²) in [4.78, 5) is 27.4. The SMILES string of the molecule is NCCc1nc(C(=O)Nc2cc(Br)ccc2C(=O)O)cs1. The molecule has 2 aromatic rings. The van der Waals surface area contributed by atoms with Crippen LogP contribution in [0.1, 0.15) is 25.9 Å². The van der Waals surface area contributed by atoms with E-state index in [4.69, 9.17) is 10.8 Å². The van der Waals surface area contributed by atoms with Crippen molar-refractivity contribution in [2.75, 3.05) is 11.9 Å². The van der Waals surface area contributed by atoms with Gasteiger partial charge in [0.1, 0.15) is 5.69 Å². The molecule has 0 saturated carbocycles. The number of hydrogen-bond acceptors (Lipinski definition) is 5. The minimum Gasteiger partial charge on any atom is -0.478 e. The highest BCUT2D eigenvalue weighted by molar-refractivity contribution is 9.10. The first-order valence-electron chi connectivity index (χ1n) is 6.00. The predicted molar refractivity (Wildman–Crippen MR) is 83.9 cm³/mol. The van der Waals surface area contributed by atoms with Gasteiger partial charge in [-0.15, -0.1) is 11.3 Å². The summed E-state index contributed by atoms with van der Waals surface area (Å²) in [6.07, 6.45) is 0.606. The number of carbonyl (C=O) groups is 2. The fourth-order valence-corrected chi connectivity index (χ4v) is 2.80. The molecule has 0 spiro atoms. The maximum absolute atomic E-state index is 12.1. The Balaban J connectivity index is 2.22. The summed E-state index contributed by atoms with van der Waals surface area (Å²) in [5.74, 6) is -1.56. The van der Waals surface area contributed by atoms with Gasteiger partial charge in [-0.2, -0.15) is 0 Å². The van der Waals surface area contributed by atoms with Gasteiger partial charge in [-0.25, -0.2) is 9.78 Å². The topological polar surface area (TPSA) is 105 Å². The summed E-state index contributed by atoms with van der Waals surface area (Å²) in [5, 5.41) is 14.1. The molecule has 6 nitrogen and oxygen atoms in total. The number of aromatic carboxylic acids is 1. The molecular weight excluding hydrogens is 358 g/mol. The molecule has 1 amide bonds. The van der Waals surface area contributed by atoms with Crippen LogP contribution in [0, 0.1) is 0 Å². The van der Waals surface area contributed by atoms with Crippen LogP contribution in [0.4, 0.5) is 5.69 Å². The van der Waals surface area contributed by atoms with E-state index < -0.39 is 11.9 Å². The molecule has 0 fully saturated rings. The Kier molecular flexibility index (Phi) is 5.05. The zero-order valence-corrected chi connectivity index (χ0v) is 13.2. The van der Waals surface area contributed by atoms with Crippen LogP contribution in [0.3, 0.4) is 0 Å². The highest BCUT2D eigenvalue weighted by Gasteiger charge is 2.16. The molecule has 1 aromatic heterocycles. The van der Waals surface area contributed by atoms with Crippen molar-refractivity contribution in [3.05, 3.63) is 44.3 Å². The van der Waals surface area contributed by atoms with Crippen LogP contribution in [-0.2, 0) is 6.42 Å². The predicted octanol–water partition coefficient (Wildman–Crippen LogP) is 2.36. The number of benzene rings is 1. The van der Waals surface area contributed by atoms with Crippen molar-refractivity contribution in [3.8, 4) is 0 Å². The van der Waals surface area contributed by atoms with Crippen molar-refractivity contribution in [2.24, 2.45) is 5.73 Å². The second kappa shape index (κ2) is 6.79. The van der Waals surface area contributed by atoms with E-state index in [-0.39, 0.29) is 16.9 Å². The van der Waals surface area contributed by atoms with E-state index in [0.717, 1.165) is 5.01 Å². The Morgan fingerprint density at radius 2 is 2.19 bits per heavy atom. The number of rotatable bonds is 5. The summed E-state index contributed by atoms with van der Waals surface area (Å²) in [6.45, 7) is 0.462. The van der Waals surface area contributed by atoms with Crippen LogP contribution < -0.4 is 11.1 Å². The Morgan fingerprint density at radius 1 is 1.43 bits per heavy atom. The maximum atomic E-state index is 12.1. The van der Waals surface area contributed by atoms with Crippen LogP contribution in [-0.4, -0.2) is 28.5 Å². The van der Waals surface area contributed by atoms with Crippen molar-refractivity contribution < 1.29 is 14.7 Å². The average molecular weight is 370 g/mol. The van der Waals surface area contributed by atoms with Crippen molar-refractivity contribution in [1.82, 2.24) is 4.98 Å². The largest absolute Gasteiger partial charge is 0.478 e. The van der Waals surface area contributed by atoms with E-state index in [1.54, 1.807) is 11.4 Å². The molecule has 0 aliphatic heterocycles. The third-order valence-electron chi connectivity index (χ3n) is 2.60. The van der Waals surface area contributed by atoms with E-state index in [1.807, 2.05) is 0 Å². The summed E-state index contributed by atoms with van der Waals surface area (Å²) in [6, 6.07) is 4.55. The molecule has 1 heterocycles. The van der Waals surface area contributed by atoms with Crippen LogP contribution in [0.25, 0.3) is 0 Å². The van der Waals surface area contributed by atoms with Gasteiger partial charge >= 0.3 is 5.97 Å². The number of nitrogens with zero attached hydrogens (tertiary/aromatic N) is 1. The number of hydrogen-bond donors (Lipinski definition) is 3. The van der Waals surface area contributed by atoms with Crippen LogP contribution >= 0.6 is 27.3 Å². The molecule has 21 heavy (non-hydrogen) atoms. The number of halogens is 1.